The van der Waals surface area contributed by atoms with Gasteiger partial charge in [0.05, 0.1) is 24.2 Å². The number of sulfonamides is 1. The number of halogens is 3. The van der Waals surface area contributed by atoms with Crippen molar-refractivity contribution < 1.29 is 31.1 Å². The number of benzene rings is 2. The van der Waals surface area contributed by atoms with Gasteiger partial charge < -0.3 is 4.74 Å². The molecule has 0 aliphatic heterocycles. The fourth-order valence-corrected chi connectivity index (χ4v) is 3.92. The van der Waals surface area contributed by atoms with Gasteiger partial charge in [-0.2, -0.15) is 13.2 Å². The SMILES string of the molecule is CN(c1ccc(-c2csc(NC(=O)c3ccc(COCC(F)(F)F)cc3)n2)cc1)S(C)(=O)=O. The Kier molecular flexibility index (Phi) is 7.40. The fraction of sp³-hybridized carbons (Fsp3) is 0.238. The minimum atomic E-state index is -4.39. The van der Waals surface area contributed by atoms with Crippen LogP contribution in [0.25, 0.3) is 11.3 Å². The summed E-state index contributed by atoms with van der Waals surface area (Å²) in [5, 5.41) is 4.80. The molecule has 0 aliphatic rings. The standard InChI is InChI=1S/C21H20F3N3O4S2/c1-27(33(2,29)30)17-9-7-15(8-10-17)18-12-32-20(25-18)26-19(28)16-5-3-14(4-6-16)11-31-13-21(22,23)24/h3-10,12H,11,13H2,1-2H3,(H,25,26,28). The number of carbonyl (C=O) groups is 1. The van der Waals surface area contributed by atoms with Crippen LogP contribution in [0, 0.1) is 0 Å². The third-order valence-corrected chi connectivity index (χ3v) is 6.46. The maximum Gasteiger partial charge on any atom is 0.411 e. The predicted octanol–water partition coefficient (Wildman–Crippen LogP) is 4.54. The number of hydrogen-bond acceptors (Lipinski definition) is 6. The number of alkyl halides is 3. The zero-order valence-electron chi connectivity index (χ0n) is 17.6. The first-order chi connectivity index (χ1) is 15.4. The van der Waals surface area contributed by atoms with Crippen LogP contribution >= 0.6 is 11.3 Å². The quantitative estimate of drug-likeness (QED) is 0.492. The summed E-state index contributed by atoms with van der Waals surface area (Å²) in [5.41, 5.74) is 2.70. The van der Waals surface area contributed by atoms with Gasteiger partial charge in [0, 0.05) is 23.6 Å². The molecule has 3 aromatic rings. The van der Waals surface area contributed by atoms with Gasteiger partial charge >= 0.3 is 6.18 Å². The number of rotatable bonds is 8. The van der Waals surface area contributed by atoms with E-state index in [-0.39, 0.29) is 6.61 Å². The van der Waals surface area contributed by atoms with E-state index < -0.39 is 28.7 Å². The number of aromatic nitrogens is 1. The largest absolute Gasteiger partial charge is 0.411 e. The molecule has 0 saturated heterocycles. The molecule has 0 unspecified atom stereocenters. The topological polar surface area (TPSA) is 88.6 Å². The van der Waals surface area contributed by atoms with E-state index >= 15 is 0 Å². The van der Waals surface area contributed by atoms with E-state index in [2.05, 4.69) is 15.0 Å². The number of anilines is 2. The van der Waals surface area contributed by atoms with Gasteiger partial charge in [-0.25, -0.2) is 13.4 Å². The molecule has 1 aromatic heterocycles. The second-order valence-electron chi connectivity index (χ2n) is 7.07. The van der Waals surface area contributed by atoms with Crippen LogP contribution in [0.3, 0.4) is 0 Å². The van der Waals surface area contributed by atoms with Crippen molar-refractivity contribution in [1.29, 1.82) is 0 Å². The summed E-state index contributed by atoms with van der Waals surface area (Å²) in [5.74, 6) is -0.413. The van der Waals surface area contributed by atoms with Gasteiger partial charge in [-0.3, -0.25) is 14.4 Å². The first-order valence-corrected chi connectivity index (χ1v) is 12.2. The van der Waals surface area contributed by atoms with E-state index in [0.717, 1.165) is 16.1 Å². The zero-order valence-corrected chi connectivity index (χ0v) is 19.2. The van der Waals surface area contributed by atoms with Gasteiger partial charge in [0.1, 0.15) is 6.61 Å². The number of amides is 1. The molecular weight excluding hydrogens is 479 g/mol. The number of hydrogen-bond donors (Lipinski definition) is 1. The second-order valence-corrected chi connectivity index (χ2v) is 9.95. The Balaban J connectivity index is 1.60. The van der Waals surface area contributed by atoms with E-state index in [4.69, 9.17) is 0 Å². The van der Waals surface area contributed by atoms with E-state index in [1.165, 1.54) is 42.6 Å². The van der Waals surface area contributed by atoms with E-state index in [9.17, 15) is 26.4 Å². The lowest BCUT2D eigenvalue weighted by molar-refractivity contribution is -0.176. The molecule has 1 heterocycles. The number of nitrogens with zero attached hydrogens (tertiary/aromatic N) is 2. The molecule has 12 heteroatoms. The van der Waals surface area contributed by atoms with Gasteiger partial charge in [0.2, 0.25) is 10.0 Å². The molecule has 0 spiro atoms. The smallest absolute Gasteiger partial charge is 0.367 e. The number of carbonyl (C=O) groups excluding carboxylic acids is 1. The summed E-state index contributed by atoms with van der Waals surface area (Å²) in [6.45, 7) is -1.55. The number of thiazole rings is 1. The molecule has 1 amide bonds. The summed E-state index contributed by atoms with van der Waals surface area (Å²) in [6.07, 6.45) is -3.27. The molecule has 0 saturated carbocycles. The van der Waals surface area contributed by atoms with E-state index in [0.29, 0.717) is 27.6 Å². The molecule has 0 atom stereocenters. The Hall–Kier alpha value is -2.96. The lowest BCUT2D eigenvalue weighted by atomic mass is 10.1. The Bertz CT molecular complexity index is 1210. The van der Waals surface area contributed by atoms with Gasteiger partial charge in [0.15, 0.2) is 5.13 Å². The molecule has 1 N–H and O–H groups in total. The molecule has 0 radical (unpaired) electrons. The monoisotopic (exact) mass is 499 g/mol. The molecule has 2 aromatic carbocycles. The highest BCUT2D eigenvalue weighted by Crippen LogP contribution is 2.27. The predicted molar refractivity (Wildman–Crippen MR) is 121 cm³/mol. The molecule has 0 fully saturated rings. The van der Waals surface area contributed by atoms with Gasteiger partial charge in [-0.05, 0) is 29.8 Å². The summed E-state index contributed by atoms with van der Waals surface area (Å²) in [7, 11) is -1.90. The molecule has 0 bridgehead atoms. The Labute approximate surface area is 192 Å². The number of ether oxygens (including phenoxy) is 1. The summed E-state index contributed by atoms with van der Waals surface area (Å²) in [6, 6.07) is 12.8. The van der Waals surface area contributed by atoms with Crippen molar-refractivity contribution >= 4 is 38.1 Å². The highest BCUT2D eigenvalue weighted by atomic mass is 32.2. The van der Waals surface area contributed by atoms with Crippen LogP contribution in [-0.4, -0.2) is 45.4 Å². The van der Waals surface area contributed by atoms with Crippen LogP contribution in [0.4, 0.5) is 24.0 Å². The van der Waals surface area contributed by atoms with E-state index in [1.54, 1.807) is 29.6 Å². The van der Waals surface area contributed by atoms with E-state index in [1.807, 2.05) is 0 Å². The van der Waals surface area contributed by atoms with Crippen molar-refractivity contribution in [2.45, 2.75) is 12.8 Å². The Morgan fingerprint density at radius 2 is 1.76 bits per heavy atom. The fourth-order valence-electron chi connectivity index (χ4n) is 2.70. The molecule has 3 rings (SSSR count). The van der Waals surface area contributed by atoms with Gasteiger partial charge in [-0.1, -0.05) is 24.3 Å². The maximum absolute atomic E-state index is 12.4. The van der Waals surface area contributed by atoms with Crippen LogP contribution < -0.4 is 9.62 Å². The lowest BCUT2D eigenvalue weighted by Crippen LogP contribution is -2.24. The molecule has 33 heavy (non-hydrogen) atoms. The average Bonchev–Trinajstić information content (AvgIpc) is 3.20. The third kappa shape index (κ3) is 7.01. The summed E-state index contributed by atoms with van der Waals surface area (Å²) >= 11 is 1.22. The summed E-state index contributed by atoms with van der Waals surface area (Å²) in [4.78, 5) is 16.8. The maximum atomic E-state index is 12.4. The van der Waals surface area contributed by atoms with Gasteiger partial charge in [-0.15, -0.1) is 11.3 Å². The lowest BCUT2D eigenvalue weighted by Gasteiger charge is -2.16. The third-order valence-electron chi connectivity index (χ3n) is 4.50. The first kappa shape index (κ1) is 24.7. The highest BCUT2D eigenvalue weighted by Gasteiger charge is 2.27. The minimum Gasteiger partial charge on any atom is -0.367 e. The van der Waals surface area contributed by atoms with Crippen LogP contribution in [0.15, 0.2) is 53.9 Å². The first-order valence-electron chi connectivity index (χ1n) is 9.47. The van der Waals surface area contributed by atoms with Crippen molar-refractivity contribution in [3.05, 3.63) is 65.0 Å². The molecule has 176 valence electrons. The van der Waals surface area contributed by atoms with Crippen LogP contribution in [0.5, 0.6) is 0 Å². The van der Waals surface area contributed by atoms with Crippen molar-refractivity contribution in [2.24, 2.45) is 0 Å². The van der Waals surface area contributed by atoms with Crippen LogP contribution in [0.1, 0.15) is 15.9 Å². The Morgan fingerprint density at radius 3 is 2.33 bits per heavy atom. The van der Waals surface area contributed by atoms with Crippen molar-refractivity contribution in [1.82, 2.24) is 4.98 Å². The average molecular weight is 500 g/mol. The molecule has 0 aliphatic carbocycles. The molecule has 7 nitrogen and oxygen atoms in total. The Morgan fingerprint density at radius 1 is 1.12 bits per heavy atom. The minimum absolute atomic E-state index is 0.212. The van der Waals surface area contributed by atoms with Crippen LogP contribution in [0.2, 0.25) is 0 Å². The normalized spacial score (nSPS) is 11.9. The number of nitrogens with one attached hydrogen (secondary N) is 1. The second kappa shape index (κ2) is 9.89. The highest BCUT2D eigenvalue weighted by molar-refractivity contribution is 7.92. The van der Waals surface area contributed by atoms with Crippen molar-refractivity contribution in [3.8, 4) is 11.3 Å². The summed E-state index contributed by atoms with van der Waals surface area (Å²) < 4.78 is 65.4. The zero-order chi connectivity index (χ0) is 24.2. The van der Waals surface area contributed by atoms with Gasteiger partial charge in [0.25, 0.3) is 5.91 Å². The van der Waals surface area contributed by atoms with Crippen molar-refractivity contribution in [3.63, 3.8) is 0 Å². The van der Waals surface area contributed by atoms with Crippen LogP contribution in [-0.2, 0) is 21.4 Å². The molecular formula is C21H20F3N3O4S2. The van der Waals surface area contributed by atoms with Crippen molar-refractivity contribution in [2.75, 3.05) is 29.5 Å².